The highest BCUT2D eigenvalue weighted by Crippen LogP contribution is 2.37. The normalized spacial score (nSPS) is 22.7. The third-order valence-corrected chi connectivity index (χ3v) is 3.86. The summed E-state index contributed by atoms with van der Waals surface area (Å²) in [5, 5.41) is 0. The van der Waals surface area contributed by atoms with Crippen molar-refractivity contribution in [1.29, 1.82) is 0 Å². The number of nitrogens with zero attached hydrogens (tertiary/aromatic N) is 2. The molecule has 1 fully saturated rings. The fourth-order valence-corrected chi connectivity index (χ4v) is 2.76. The van der Waals surface area contributed by atoms with Crippen LogP contribution in [0.15, 0.2) is 24.5 Å². The molecule has 0 amide bonds. The van der Waals surface area contributed by atoms with Gasteiger partial charge in [0.2, 0.25) is 0 Å². The van der Waals surface area contributed by atoms with Crippen LogP contribution >= 0.6 is 0 Å². The maximum Gasteiger partial charge on any atom is 0.142 e. The van der Waals surface area contributed by atoms with E-state index in [4.69, 9.17) is 0 Å². The summed E-state index contributed by atoms with van der Waals surface area (Å²) in [6.07, 6.45) is 5.73. The van der Waals surface area contributed by atoms with Crippen LogP contribution < -0.4 is 0 Å². The number of rotatable bonds is 4. The van der Waals surface area contributed by atoms with Crippen molar-refractivity contribution in [2.45, 2.75) is 33.2 Å². The lowest BCUT2D eigenvalue weighted by Crippen LogP contribution is -2.31. The first-order valence-corrected chi connectivity index (χ1v) is 6.61. The van der Waals surface area contributed by atoms with Crippen LogP contribution in [0, 0.1) is 11.3 Å². The van der Waals surface area contributed by atoms with Crippen LogP contribution in [0.5, 0.6) is 0 Å². The molecule has 3 heteroatoms. The maximum atomic E-state index is 12.2. The molecule has 1 heterocycles. The number of hydrogen-bond donors (Lipinski definition) is 0. The van der Waals surface area contributed by atoms with Crippen molar-refractivity contribution in [2.24, 2.45) is 11.3 Å². The molecule has 0 saturated heterocycles. The third kappa shape index (κ3) is 2.96. The summed E-state index contributed by atoms with van der Waals surface area (Å²) in [4.78, 5) is 18.5. The van der Waals surface area contributed by atoms with E-state index in [1.54, 1.807) is 6.20 Å². The van der Waals surface area contributed by atoms with Gasteiger partial charge in [-0.2, -0.15) is 0 Å². The first-order chi connectivity index (χ1) is 8.49. The van der Waals surface area contributed by atoms with Gasteiger partial charge in [-0.3, -0.25) is 9.78 Å². The van der Waals surface area contributed by atoms with Crippen molar-refractivity contribution in [3.63, 3.8) is 0 Å². The summed E-state index contributed by atoms with van der Waals surface area (Å²) in [6, 6.07) is 4.02. The molecule has 0 aliphatic heterocycles. The molecule has 1 aliphatic rings. The predicted octanol–water partition coefficient (Wildman–Crippen LogP) is 2.52. The summed E-state index contributed by atoms with van der Waals surface area (Å²) in [7, 11) is 2.08. The second kappa shape index (κ2) is 5.19. The Balaban J connectivity index is 1.89. The Labute approximate surface area is 109 Å². The van der Waals surface area contributed by atoms with Gasteiger partial charge in [0.05, 0.1) is 0 Å². The van der Waals surface area contributed by atoms with Crippen LogP contribution in [0.25, 0.3) is 0 Å². The lowest BCUT2D eigenvalue weighted by Gasteiger charge is -2.21. The molecule has 0 spiro atoms. The topological polar surface area (TPSA) is 33.2 Å². The number of carbonyl (C=O) groups is 1. The van der Waals surface area contributed by atoms with E-state index in [0.717, 1.165) is 25.9 Å². The van der Waals surface area contributed by atoms with Gasteiger partial charge in [-0.15, -0.1) is 0 Å². The number of Topliss-reactive ketones (excluding diaryl/α,β-unsaturated/α-hetero) is 1. The van der Waals surface area contributed by atoms with Crippen LogP contribution in [0.2, 0.25) is 0 Å². The monoisotopic (exact) mass is 246 g/mol. The highest BCUT2D eigenvalue weighted by atomic mass is 16.1. The molecule has 1 aromatic rings. The van der Waals surface area contributed by atoms with Crippen molar-refractivity contribution >= 4 is 5.78 Å². The highest BCUT2D eigenvalue weighted by Gasteiger charge is 2.40. The second-order valence-corrected chi connectivity index (χ2v) is 6.04. The van der Waals surface area contributed by atoms with Gasteiger partial charge in [-0.25, -0.2) is 0 Å². The Morgan fingerprint density at radius 3 is 2.83 bits per heavy atom. The van der Waals surface area contributed by atoms with E-state index in [1.165, 1.54) is 5.56 Å². The Kier molecular flexibility index (Phi) is 3.81. The van der Waals surface area contributed by atoms with Crippen molar-refractivity contribution in [3.8, 4) is 0 Å². The lowest BCUT2D eigenvalue weighted by atomic mass is 9.89. The lowest BCUT2D eigenvalue weighted by molar-refractivity contribution is -0.127. The minimum absolute atomic E-state index is 0.111. The van der Waals surface area contributed by atoms with E-state index in [2.05, 4.69) is 36.8 Å². The molecule has 18 heavy (non-hydrogen) atoms. The summed E-state index contributed by atoms with van der Waals surface area (Å²) in [6.45, 7) is 5.85. The second-order valence-electron chi connectivity index (χ2n) is 6.04. The number of pyridine rings is 1. The molecule has 0 N–H and O–H groups in total. The standard InChI is InChI=1S/C15H22N2O/c1-15(2)7-6-13(14(15)18)11-17(3)10-12-5-4-8-16-9-12/h4-5,8-9,13H,6-7,10-11H2,1-3H3. The zero-order chi connectivity index (χ0) is 13.2. The molecule has 1 aromatic heterocycles. The van der Waals surface area contributed by atoms with Gasteiger partial charge < -0.3 is 4.90 Å². The van der Waals surface area contributed by atoms with Gasteiger partial charge in [0, 0.05) is 36.8 Å². The van der Waals surface area contributed by atoms with Gasteiger partial charge in [-0.1, -0.05) is 19.9 Å². The van der Waals surface area contributed by atoms with Crippen molar-refractivity contribution < 1.29 is 4.79 Å². The van der Waals surface area contributed by atoms with Crippen LogP contribution in [-0.4, -0.2) is 29.3 Å². The van der Waals surface area contributed by atoms with E-state index in [9.17, 15) is 4.79 Å². The largest absolute Gasteiger partial charge is 0.301 e. The summed E-state index contributed by atoms with van der Waals surface area (Å²) < 4.78 is 0. The molecule has 1 aliphatic carbocycles. The van der Waals surface area contributed by atoms with Gasteiger partial charge >= 0.3 is 0 Å². The summed E-state index contributed by atoms with van der Waals surface area (Å²) in [5.74, 6) is 0.641. The van der Waals surface area contributed by atoms with Gasteiger partial charge in [0.25, 0.3) is 0 Å². The minimum Gasteiger partial charge on any atom is -0.301 e. The first-order valence-electron chi connectivity index (χ1n) is 6.61. The molecule has 0 aromatic carbocycles. The van der Waals surface area contributed by atoms with E-state index < -0.39 is 0 Å². The van der Waals surface area contributed by atoms with Gasteiger partial charge in [-0.05, 0) is 31.5 Å². The van der Waals surface area contributed by atoms with Crippen LogP contribution in [0.1, 0.15) is 32.3 Å². The quantitative estimate of drug-likeness (QED) is 0.818. The number of aromatic nitrogens is 1. The first kappa shape index (κ1) is 13.2. The van der Waals surface area contributed by atoms with E-state index >= 15 is 0 Å². The fraction of sp³-hybridized carbons (Fsp3) is 0.600. The maximum absolute atomic E-state index is 12.2. The minimum atomic E-state index is -0.111. The van der Waals surface area contributed by atoms with Crippen LogP contribution in [-0.2, 0) is 11.3 Å². The Morgan fingerprint density at radius 1 is 1.50 bits per heavy atom. The van der Waals surface area contributed by atoms with Crippen LogP contribution in [0.3, 0.4) is 0 Å². The number of carbonyl (C=O) groups excluding carboxylic acids is 1. The Morgan fingerprint density at radius 2 is 2.28 bits per heavy atom. The summed E-state index contributed by atoms with van der Waals surface area (Å²) in [5.41, 5.74) is 1.09. The predicted molar refractivity (Wildman–Crippen MR) is 72.1 cm³/mol. The SMILES string of the molecule is CN(Cc1cccnc1)CC1CCC(C)(C)C1=O. The zero-order valence-electron chi connectivity index (χ0n) is 11.5. The van der Waals surface area contributed by atoms with Crippen molar-refractivity contribution in [2.75, 3.05) is 13.6 Å². The van der Waals surface area contributed by atoms with Gasteiger partial charge in [0.15, 0.2) is 0 Å². The average molecular weight is 246 g/mol. The molecule has 98 valence electrons. The molecule has 1 saturated carbocycles. The smallest absolute Gasteiger partial charge is 0.142 e. The van der Waals surface area contributed by atoms with E-state index in [-0.39, 0.29) is 11.3 Å². The fourth-order valence-electron chi connectivity index (χ4n) is 2.76. The molecule has 3 nitrogen and oxygen atoms in total. The highest BCUT2D eigenvalue weighted by molar-refractivity contribution is 5.88. The van der Waals surface area contributed by atoms with E-state index in [0.29, 0.717) is 5.78 Å². The molecule has 0 bridgehead atoms. The summed E-state index contributed by atoms with van der Waals surface area (Å²) >= 11 is 0. The van der Waals surface area contributed by atoms with E-state index in [1.807, 2.05) is 12.3 Å². The average Bonchev–Trinajstić information content (AvgIpc) is 2.57. The third-order valence-electron chi connectivity index (χ3n) is 3.86. The zero-order valence-corrected chi connectivity index (χ0v) is 11.5. The molecule has 2 rings (SSSR count). The molecular weight excluding hydrogens is 224 g/mol. The van der Waals surface area contributed by atoms with Crippen molar-refractivity contribution in [1.82, 2.24) is 9.88 Å². The molecule has 0 radical (unpaired) electrons. The van der Waals surface area contributed by atoms with Crippen molar-refractivity contribution in [3.05, 3.63) is 30.1 Å². The number of ketones is 1. The van der Waals surface area contributed by atoms with Crippen LogP contribution in [0.4, 0.5) is 0 Å². The Hall–Kier alpha value is -1.22. The molecular formula is C15H22N2O. The van der Waals surface area contributed by atoms with Gasteiger partial charge in [0.1, 0.15) is 5.78 Å². The Bertz CT molecular complexity index is 414. The molecule has 1 atom stereocenters. The number of hydrogen-bond acceptors (Lipinski definition) is 3. The molecule has 1 unspecified atom stereocenters.